The van der Waals surface area contributed by atoms with Crippen LogP contribution < -0.4 is 14.5 Å². The summed E-state index contributed by atoms with van der Waals surface area (Å²) >= 11 is 0. The van der Waals surface area contributed by atoms with E-state index in [1.165, 1.54) is 11.3 Å². The summed E-state index contributed by atoms with van der Waals surface area (Å²) in [4.78, 5) is 19.7. The SMILES string of the molecule is COc1ccc(N2CCN(CCC(=O)N3c4ccccc4CC3C)CC2)cc1. The smallest absolute Gasteiger partial charge is 0.228 e. The molecule has 28 heavy (non-hydrogen) atoms. The maximum absolute atomic E-state index is 12.9. The minimum absolute atomic E-state index is 0.245. The van der Waals surface area contributed by atoms with E-state index in [1.807, 2.05) is 23.1 Å². The predicted octanol–water partition coefficient (Wildman–Crippen LogP) is 3.19. The van der Waals surface area contributed by atoms with Crippen LogP contribution in [0.3, 0.4) is 0 Å². The molecule has 0 spiro atoms. The molecule has 5 heteroatoms. The van der Waals surface area contributed by atoms with Gasteiger partial charge in [-0.2, -0.15) is 0 Å². The molecular formula is C23H29N3O2. The fourth-order valence-corrected chi connectivity index (χ4v) is 4.34. The number of carbonyl (C=O) groups excluding carboxylic acids is 1. The van der Waals surface area contributed by atoms with Gasteiger partial charge >= 0.3 is 0 Å². The van der Waals surface area contributed by atoms with Gasteiger partial charge in [0, 0.05) is 56.6 Å². The Balaban J connectivity index is 1.28. The minimum Gasteiger partial charge on any atom is -0.497 e. The molecule has 1 fully saturated rings. The molecule has 2 aliphatic rings. The summed E-state index contributed by atoms with van der Waals surface area (Å²) in [5, 5.41) is 0. The number of amides is 1. The normalized spacial score (nSPS) is 19.6. The van der Waals surface area contributed by atoms with Crippen molar-refractivity contribution in [3.63, 3.8) is 0 Å². The van der Waals surface area contributed by atoms with E-state index in [2.05, 4.69) is 47.1 Å². The largest absolute Gasteiger partial charge is 0.497 e. The van der Waals surface area contributed by atoms with Gasteiger partial charge in [-0.05, 0) is 49.2 Å². The Hall–Kier alpha value is -2.53. The number of piperazine rings is 1. The van der Waals surface area contributed by atoms with Gasteiger partial charge in [0.05, 0.1) is 7.11 Å². The van der Waals surface area contributed by atoms with Crippen LogP contribution in [-0.2, 0) is 11.2 Å². The lowest BCUT2D eigenvalue weighted by Crippen LogP contribution is -2.47. The molecule has 1 atom stereocenters. The van der Waals surface area contributed by atoms with Crippen molar-refractivity contribution in [1.29, 1.82) is 0 Å². The Morgan fingerprint density at radius 3 is 2.46 bits per heavy atom. The zero-order chi connectivity index (χ0) is 19.5. The van der Waals surface area contributed by atoms with Crippen LogP contribution in [0.15, 0.2) is 48.5 Å². The molecule has 0 saturated carbocycles. The van der Waals surface area contributed by atoms with Crippen molar-refractivity contribution < 1.29 is 9.53 Å². The van der Waals surface area contributed by atoms with Crippen molar-refractivity contribution >= 4 is 17.3 Å². The number of methoxy groups -OCH3 is 1. The van der Waals surface area contributed by atoms with E-state index < -0.39 is 0 Å². The summed E-state index contributed by atoms with van der Waals surface area (Å²) in [6.07, 6.45) is 1.55. The van der Waals surface area contributed by atoms with Crippen LogP contribution in [-0.4, -0.2) is 56.7 Å². The van der Waals surface area contributed by atoms with Crippen LogP contribution >= 0.6 is 0 Å². The highest BCUT2D eigenvalue weighted by Gasteiger charge is 2.30. The van der Waals surface area contributed by atoms with E-state index in [9.17, 15) is 4.79 Å². The van der Waals surface area contributed by atoms with Gasteiger partial charge in [0.1, 0.15) is 5.75 Å². The molecule has 0 aliphatic carbocycles. The Labute approximate surface area is 167 Å². The quantitative estimate of drug-likeness (QED) is 0.799. The molecule has 0 N–H and O–H groups in total. The van der Waals surface area contributed by atoms with Crippen LogP contribution in [0, 0.1) is 0 Å². The third kappa shape index (κ3) is 3.85. The minimum atomic E-state index is 0.245. The van der Waals surface area contributed by atoms with Gasteiger partial charge in [-0.3, -0.25) is 9.69 Å². The molecule has 0 bridgehead atoms. The fourth-order valence-electron chi connectivity index (χ4n) is 4.34. The maximum Gasteiger partial charge on any atom is 0.228 e. The van der Waals surface area contributed by atoms with Crippen molar-refractivity contribution in [2.75, 3.05) is 49.6 Å². The zero-order valence-corrected chi connectivity index (χ0v) is 16.8. The van der Waals surface area contributed by atoms with Gasteiger partial charge in [0.2, 0.25) is 5.91 Å². The van der Waals surface area contributed by atoms with Gasteiger partial charge in [0.15, 0.2) is 0 Å². The van der Waals surface area contributed by atoms with Crippen molar-refractivity contribution in [3.8, 4) is 5.75 Å². The Kier molecular flexibility index (Phi) is 5.53. The molecule has 2 aliphatic heterocycles. The standard InChI is InChI=1S/C23H29N3O2/c1-18-17-19-5-3-4-6-22(19)26(18)23(27)11-12-24-13-15-25(16-14-24)20-7-9-21(28-2)10-8-20/h3-10,18H,11-17H2,1-2H3. The van der Waals surface area contributed by atoms with E-state index in [-0.39, 0.29) is 11.9 Å². The fraction of sp³-hybridized carbons (Fsp3) is 0.435. The van der Waals surface area contributed by atoms with Crippen LogP contribution in [0.2, 0.25) is 0 Å². The van der Waals surface area contributed by atoms with Crippen molar-refractivity contribution in [2.45, 2.75) is 25.8 Å². The number of rotatable bonds is 5. The third-order valence-electron chi connectivity index (χ3n) is 5.93. The first-order chi connectivity index (χ1) is 13.7. The molecule has 1 amide bonds. The van der Waals surface area contributed by atoms with Gasteiger partial charge in [0.25, 0.3) is 0 Å². The third-order valence-corrected chi connectivity index (χ3v) is 5.93. The summed E-state index contributed by atoms with van der Waals surface area (Å²) in [6.45, 7) is 6.94. The van der Waals surface area contributed by atoms with Gasteiger partial charge in [-0.25, -0.2) is 0 Å². The Morgan fingerprint density at radius 2 is 1.75 bits per heavy atom. The molecule has 2 heterocycles. The van der Waals surface area contributed by atoms with E-state index in [4.69, 9.17) is 4.74 Å². The van der Waals surface area contributed by atoms with E-state index in [0.29, 0.717) is 6.42 Å². The molecule has 2 aromatic carbocycles. The molecule has 5 nitrogen and oxygen atoms in total. The van der Waals surface area contributed by atoms with Crippen LogP contribution in [0.4, 0.5) is 11.4 Å². The second-order valence-corrected chi connectivity index (χ2v) is 7.72. The van der Waals surface area contributed by atoms with E-state index in [0.717, 1.165) is 50.6 Å². The lowest BCUT2D eigenvalue weighted by atomic mass is 10.1. The summed E-state index contributed by atoms with van der Waals surface area (Å²) < 4.78 is 5.24. The van der Waals surface area contributed by atoms with E-state index in [1.54, 1.807) is 7.11 Å². The number of benzene rings is 2. The van der Waals surface area contributed by atoms with Gasteiger partial charge in [-0.15, -0.1) is 0 Å². The monoisotopic (exact) mass is 379 g/mol. The topological polar surface area (TPSA) is 36.0 Å². The Morgan fingerprint density at radius 1 is 1.04 bits per heavy atom. The average molecular weight is 380 g/mol. The number of anilines is 2. The Bertz CT molecular complexity index is 813. The van der Waals surface area contributed by atoms with E-state index >= 15 is 0 Å². The van der Waals surface area contributed by atoms with Crippen molar-refractivity contribution in [2.24, 2.45) is 0 Å². The molecular weight excluding hydrogens is 350 g/mol. The summed E-state index contributed by atoms with van der Waals surface area (Å²) in [5.74, 6) is 1.13. The molecule has 0 aromatic heterocycles. The van der Waals surface area contributed by atoms with Gasteiger partial charge in [-0.1, -0.05) is 18.2 Å². The molecule has 1 saturated heterocycles. The first-order valence-corrected chi connectivity index (χ1v) is 10.2. The van der Waals surface area contributed by atoms with Gasteiger partial charge < -0.3 is 14.5 Å². The van der Waals surface area contributed by atoms with Crippen LogP contribution in [0.5, 0.6) is 5.75 Å². The zero-order valence-electron chi connectivity index (χ0n) is 16.8. The highest BCUT2D eigenvalue weighted by molar-refractivity contribution is 5.96. The predicted molar refractivity (Wildman–Crippen MR) is 113 cm³/mol. The van der Waals surface area contributed by atoms with Crippen LogP contribution in [0.25, 0.3) is 0 Å². The summed E-state index contributed by atoms with van der Waals surface area (Å²) in [7, 11) is 1.69. The molecule has 2 aromatic rings. The first-order valence-electron chi connectivity index (χ1n) is 10.2. The highest BCUT2D eigenvalue weighted by atomic mass is 16.5. The molecule has 4 rings (SSSR count). The van der Waals surface area contributed by atoms with Crippen molar-refractivity contribution in [1.82, 2.24) is 4.90 Å². The highest BCUT2D eigenvalue weighted by Crippen LogP contribution is 2.32. The maximum atomic E-state index is 12.9. The number of fused-ring (bicyclic) bond motifs is 1. The number of hydrogen-bond acceptors (Lipinski definition) is 4. The second kappa shape index (κ2) is 8.23. The molecule has 148 valence electrons. The second-order valence-electron chi connectivity index (χ2n) is 7.72. The number of hydrogen-bond donors (Lipinski definition) is 0. The molecule has 1 unspecified atom stereocenters. The van der Waals surface area contributed by atoms with Crippen molar-refractivity contribution in [3.05, 3.63) is 54.1 Å². The number of nitrogens with zero attached hydrogens (tertiary/aromatic N) is 3. The number of para-hydroxylation sites is 1. The average Bonchev–Trinajstić information content (AvgIpc) is 3.08. The molecule has 0 radical (unpaired) electrons. The lowest BCUT2D eigenvalue weighted by molar-refractivity contribution is -0.119. The number of ether oxygens (including phenoxy) is 1. The van der Waals surface area contributed by atoms with Crippen LogP contribution in [0.1, 0.15) is 18.9 Å². The lowest BCUT2D eigenvalue weighted by Gasteiger charge is -2.36. The number of carbonyl (C=O) groups is 1. The first kappa shape index (κ1) is 18.8. The summed E-state index contributed by atoms with van der Waals surface area (Å²) in [5.41, 5.74) is 3.62. The summed E-state index contributed by atoms with van der Waals surface area (Å²) in [6, 6.07) is 16.8.